The lowest BCUT2D eigenvalue weighted by Crippen LogP contribution is -2.08. The number of ether oxygens (including phenoxy) is 1. The summed E-state index contributed by atoms with van der Waals surface area (Å²) in [6.07, 6.45) is 2.51. The van der Waals surface area contributed by atoms with Crippen LogP contribution in [0.4, 0.5) is 5.82 Å². The lowest BCUT2D eigenvalue weighted by atomic mass is 10.1. The lowest BCUT2D eigenvalue weighted by molar-refractivity contribution is 0.0699. The van der Waals surface area contributed by atoms with E-state index in [-0.39, 0.29) is 5.56 Å². The van der Waals surface area contributed by atoms with Crippen molar-refractivity contribution >= 4 is 22.6 Å². The standard InChI is InChI=1S/C14H16N2O3/c1-19-9-3-7-15-13-12-10(6-8-16-13)4-2-5-11(12)14(17)18/h2,4-6,8H,3,7,9H2,1H3,(H,15,16)(H,17,18). The molecule has 100 valence electrons. The highest BCUT2D eigenvalue weighted by Crippen LogP contribution is 2.25. The Bertz CT molecular complexity index is 579. The number of fused-ring (bicyclic) bond motifs is 1. The fraction of sp³-hybridized carbons (Fsp3) is 0.286. The summed E-state index contributed by atoms with van der Waals surface area (Å²) in [7, 11) is 1.65. The van der Waals surface area contributed by atoms with Gasteiger partial charge in [-0.15, -0.1) is 0 Å². The predicted octanol–water partition coefficient (Wildman–Crippen LogP) is 2.38. The monoisotopic (exact) mass is 260 g/mol. The van der Waals surface area contributed by atoms with Crippen LogP contribution >= 0.6 is 0 Å². The second-order valence-electron chi connectivity index (χ2n) is 4.14. The molecule has 1 heterocycles. The Morgan fingerprint density at radius 1 is 1.42 bits per heavy atom. The molecular weight excluding hydrogens is 244 g/mol. The largest absolute Gasteiger partial charge is 0.478 e. The topological polar surface area (TPSA) is 71.5 Å². The quantitative estimate of drug-likeness (QED) is 0.780. The van der Waals surface area contributed by atoms with E-state index in [1.807, 2.05) is 12.1 Å². The van der Waals surface area contributed by atoms with E-state index in [4.69, 9.17) is 4.74 Å². The van der Waals surface area contributed by atoms with Crippen molar-refractivity contribution in [3.63, 3.8) is 0 Å². The highest BCUT2D eigenvalue weighted by Gasteiger charge is 2.12. The zero-order valence-electron chi connectivity index (χ0n) is 10.7. The first-order valence-electron chi connectivity index (χ1n) is 6.08. The minimum Gasteiger partial charge on any atom is -0.478 e. The molecule has 0 atom stereocenters. The van der Waals surface area contributed by atoms with Crippen LogP contribution in [0.25, 0.3) is 10.8 Å². The Morgan fingerprint density at radius 3 is 3.00 bits per heavy atom. The third-order valence-corrected chi connectivity index (χ3v) is 2.84. The average Bonchev–Trinajstić information content (AvgIpc) is 2.43. The number of carboxylic acids is 1. The van der Waals surface area contributed by atoms with E-state index in [9.17, 15) is 9.90 Å². The number of nitrogens with zero attached hydrogens (tertiary/aromatic N) is 1. The van der Waals surface area contributed by atoms with Gasteiger partial charge in [-0.05, 0) is 23.9 Å². The van der Waals surface area contributed by atoms with E-state index in [1.165, 1.54) is 0 Å². The van der Waals surface area contributed by atoms with Gasteiger partial charge < -0.3 is 15.2 Å². The Kier molecular flexibility index (Phi) is 4.30. The molecule has 0 aliphatic rings. The van der Waals surface area contributed by atoms with Gasteiger partial charge in [-0.2, -0.15) is 0 Å². The molecule has 1 aromatic carbocycles. The van der Waals surface area contributed by atoms with Crippen molar-refractivity contribution in [1.82, 2.24) is 4.98 Å². The van der Waals surface area contributed by atoms with Crippen LogP contribution in [0.1, 0.15) is 16.8 Å². The van der Waals surface area contributed by atoms with Crippen molar-refractivity contribution in [3.8, 4) is 0 Å². The van der Waals surface area contributed by atoms with E-state index < -0.39 is 5.97 Å². The zero-order valence-corrected chi connectivity index (χ0v) is 10.7. The van der Waals surface area contributed by atoms with Gasteiger partial charge in [0.2, 0.25) is 0 Å². The van der Waals surface area contributed by atoms with Gasteiger partial charge in [0, 0.05) is 31.8 Å². The number of rotatable bonds is 6. The summed E-state index contributed by atoms with van der Waals surface area (Å²) >= 11 is 0. The summed E-state index contributed by atoms with van der Waals surface area (Å²) < 4.78 is 4.97. The van der Waals surface area contributed by atoms with E-state index in [2.05, 4.69) is 10.3 Å². The van der Waals surface area contributed by atoms with Crippen LogP contribution in [0.5, 0.6) is 0 Å². The molecule has 0 aliphatic heterocycles. The molecule has 0 bridgehead atoms. The summed E-state index contributed by atoms with van der Waals surface area (Å²) in [6, 6.07) is 7.01. The molecular formula is C14H16N2O3. The number of benzene rings is 1. The van der Waals surface area contributed by atoms with E-state index in [0.717, 1.165) is 11.8 Å². The van der Waals surface area contributed by atoms with E-state index in [0.29, 0.717) is 24.4 Å². The van der Waals surface area contributed by atoms with Crippen LogP contribution in [0.2, 0.25) is 0 Å². The summed E-state index contributed by atoms with van der Waals surface area (Å²) in [4.78, 5) is 15.5. The van der Waals surface area contributed by atoms with Crippen molar-refractivity contribution < 1.29 is 14.6 Å². The van der Waals surface area contributed by atoms with Gasteiger partial charge in [-0.3, -0.25) is 0 Å². The average molecular weight is 260 g/mol. The number of methoxy groups -OCH3 is 1. The van der Waals surface area contributed by atoms with Crippen LogP contribution in [-0.2, 0) is 4.74 Å². The highest BCUT2D eigenvalue weighted by molar-refractivity contribution is 6.08. The number of aromatic carboxylic acids is 1. The molecule has 1 aromatic heterocycles. The maximum atomic E-state index is 11.3. The number of carbonyl (C=O) groups is 1. The molecule has 0 aliphatic carbocycles. The van der Waals surface area contributed by atoms with Gasteiger partial charge in [-0.25, -0.2) is 9.78 Å². The second kappa shape index (κ2) is 6.15. The molecule has 5 nitrogen and oxygen atoms in total. The third kappa shape index (κ3) is 3.00. The zero-order chi connectivity index (χ0) is 13.7. The normalized spacial score (nSPS) is 10.6. The number of pyridine rings is 1. The van der Waals surface area contributed by atoms with Gasteiger partial charge in [0.25, 0.3) is 0 Å². The molecule has 2 N–H and O–H groups in total. The number of nitrogens with one attached hydrogen (secondary N) is 1. The van der Waals surface area contributed by atoms with Gasteiger partial charge in [-0.1, -0.05) is 12.1 Å². The van der Waals surface area contributed by atoms with Gasteiger partial charge in [0.15, 0.2) is 0 Å². The molecule has 19 heavy (non-hydrogen) atoms. The first-order valence-corrected chi connectivity index (χ1v) is 6.08. The number of carboxylic acid groups (broad SMARTS) is 1. The van der Waals surface area contributed by atoms with Crippen molar-refractivity contribution in [2.75, 3.05) is 25.6 Å². The van der Waals surface area contributed by atoms with Gasteiger partial charge in [0.05, 0.1) is 5.56 Å². The SMILES string of the molecule is COCCCNc1nccc2cccc(C(=O)O)c12. The van der Waals surface area contributed by atoms with Crippen LogP contribution in [0, 0.1) is 0 Å². The molecule has 0 unspecified atom stereocenters. The molecule has 0 radical (unpaired) electrons. The molecule has 5 heteroatoms. The molecule has 2 rings (SSSR count). The van der Waals surface area contributed by atoms with E-state index >= 15 is 0 Å². The Hall–Kier alpha value is -2.14. The minimum atomic E-state index is -0.946. The van der Waals surface area contributed by atoms with E-state index in [1.54, 1.807) is 25.4 Å². The van der Waals surface area contributed by atoms with Crippen molar-refractivity contribution in [3.05, 3.63) is 36.0 Å². The smallest absolute Gasteiger partial charge is 0.336 e. The van der Waals surface area contributed by atoms with Gasteiger partial charge in [0.1, 0.15) is 5.82 Å². The number of hydrogen-bond donors (Lipinski definition) is 2. The molecule has 0 saturated carbocycles. The fourth-order valence-electron chi connectivity index (χ4n) is 1.97. The summed E-state index contributed by atoms with van der Waals surface area (Å²) in [5.74, 6) is -0.342. The molecule has 0 saturated heterocycles. The first kappa shape index (κ1) is 13.3. The minimum absolute atomic E-state index is 0.264. The van der Waals surface area contributed by atoms with Gasteiger partial charge >= 0.3 is 5.97 Å². The van der Waals surface area contributed by atoms with Crippen LogP contribution in [0.15, 0.2) is 30.5 Å². The van der Waals surface area contributed by atoms with Crippen LogP contribution in [-0.4, -0.2) is 36.3 Å². The maximum Gasteiger partial charge on any atom is 0.336 e. The van der Waals surface area contributed by atoms with Crippen molar-refractivity contribution in [2.24, 2.45) is 0 Å². The predicted molar refractivity (Wildman–Crippen MR) is 73.7 cm³/mol. The number of aromatic nitrogens is 1. The summed E-state index contributed by atoms with van der Waals surface area (Å²) in [5.41, 5.74) is 0.264. The fourth-order valence-corrected chi connectivity index (χ4v) is 1.97. The molecule has 0 amide bonds. The second-order valence-corrected chi connectivity index (χ2v) is 4.14. The summed E-state index contributed by atoms with van der Waals surface area (Å²) in [5, 5.41) is 13.9. The Morgan fingerprint density at radius 2 is 2.26 bits per heavy atom. The molecule has 0 spiro atoms. The maximum absolute atomic E-state index is 11.3. The Balaban J connectivity index is 2.34. The number of anilines is 1. The van der Waals surface area contributed by atoms with Crippen molar-refractivity contribution in [2.45, 2.75) is 6.42 Å². The third-order valence-electron chi connectivity index (χ3n) is 2.84. The van der Waals surface area contributed by atoms with Crippen molar-refractivity contribution in [1.29, 1.82) is 0 Å². The summed E-state index contributed by atoms with van der Waals surface area (Å²) in [6.45, 7) is 1.34. The molecule has 0 fully saturated rings. The lowest BCUT2D eigenvalue weighted by Gasteiger charge is -2.10. The number of hydrogen-bond acceptors (Lipinski definition) is 4. The van der Waals surface area contributed by atoms with Crippen LogP contribution in [0.3, 0.4) is 0 Å². The highest BCUT2D eigenvalue weighted by atomic mass is 16.5. The Labute approximate surface area is 111 Å². The first-order chi connectivity index (χ1) is 9.24. The van der Waals surface area contributed by atoms with Crippen LogP contribution < -0.4 is 5.32 Å². The molecule has 2 aromatic rings.